The fraction of sp³-hybridized carbons (Fsp3) is 0.267. The molecule has 0 fully saturated rings. The van der Waals surface area contributed by atoms with Gasteiger partial charge in [0.05, 0.1) is 24.4 Å². The van der Waals surface area contributed by atoms with Crippen molar-refractivity contribution in [3.8, 4) is 11.8 Å². The minimum Gasteiger partial charge on any atom is -0.395 e. The maximum absolute atomic E-state index is 12.1. The van der Waals surface area contributed by atoms with Crippen LogP contribution in [-0.4, -0.2) is 32.4 Å². The predicted molar refractivity (Wildman–Crippen MR) is 77.2 cm³/mol. The zero-order valence-corrected chi connectivity index (χ0v) is 11.7. The molecule has 2 N–H and O–H groups in total. The standard InChI is InChI=1S/C15H16N4O2/c1-19-14(5-6-18-19)11-17-15(21)13-8-12(9-16-10-13)4-2-3-7-20/h5-6,8-10,20H,3,7,11H2,1H3,(H,17,21). The normalized spacial score (nSPS) is 9.81. The number of aryl methyl sites for hydroxylation is 1. The summed E-state index contributed by atoms with van der Waals surface area (Å²) < 4.78 is 1.70. The van der Waals surface area contributed by atoms with Crippen molar-refractivity contribution >= 4 is 5.91 Å². The Morgan fingerprint density at radius 1 is 1.48 bits per heavy atom. The van der Waals surface area contributed by atoms with Crippen molar-refractivity contribution in [2.45, 2.75) is 13.0 Å². The summed E-state index contributed by atoms with van der Waals surface area (Å²) in [6.07, 6.45) is 5.16. The summed E-state index contributed by atoms with van der Waals surface area (Å²) >= 11 is 0. The first kappa shape index (κ1) is 14.8. The summed E-state index contributed by atoms with van der Waals surface area (Å²) in [6.45, 7) is 0.418. The number of hydrogen-bond acceptors (Lipinski definition) is 4. The van der Waals surface area contributed by atoms with E-state index in [-0.39, 0.29) is 12.5 Å². The van der Waals surface area contributed by atoms with Crippen LogP contribution in [0.15, 0.2) is 30.7 Å². The highest BCUT2D eigenvalue weighted by Crippen LogP contribution is 2.03. The van der Waals surface area contributed by atoms with E-state index in [1.807, 2.05) is 13.1 Å². The van der Waals surface area contributed by atoms with E-state index in [1.54, 1.807) is 23.1 Å². The Morgan fingerprint density at radius 3 is 3.05 bits per heavy atom. The molecule has 108 valence electrons. The predicted octanol–water partition coefficient (Wildman–Crippen LogP) is 0.479. The molecule has 0 aliphatic heterocycles. The van der Waals surface area contributed by atoms with Crippen LogP contribution in [0.2, 0.25) is 0 Å². The van der Waals surface area contributed by atoms with Crippen LogP contribution in [0.25, 0.3) is 0 Å². The van der Waals surface area contributed by atoms with Gasteiger partial charge in [-0.1, -0.05) is 11.8 Å². The van der Waals surface area contributed by atoms with Gasteiger partial charge in [0, 0.05) is 37.6 Å². The van der Waals surface area contributed by atoms with E-state index < -0.39 is 0 Å². The van der Waals surface area contributed by atoms with E-state index in [2.05, 4.69) is 27.2 Å². The van der Waals surface area contributed by atoms with Crippen molar-refractivity contribution in [3.05, 3.63) is 47.5 Å². The Balaban J connectivity index is 2.01. The third-order valence-electron chi connectivity index (χ3n) is 2.82. The molecule has 0 saturated carbocycles. The number of amides is 1. The molecule has 2 aromatic heterocycles. The van der Waals surface area contributed by atoms with E-state index in [4.69, 9.17) is 5.11 Å². The first-order valence-electron chi connectivity index (χ1n) is 6.50. The number of nitrogens with zero attached hydrogens (tertiary/aromatic N) is 3. The van der Waals surface area contributed by atoms with Gasteiger partial charge in [0.15, 0.2) is 0 Å². The van der Waals surface area contributed by atoms with Crippen molar-refractivity contribution in [2.75, 3.05) is 6.61 Å². The summed E-state index contributed by atoms with van der Waals surface area (Å²) in [7, 11) is 1.82. The summed E-state index contributed by atoms with van der Waals surface area (Å²) in [4.78, 5) is 16.1. The summed E-state index contributed by atoms with van der Waals surface area (Å²) in [5, 5.41) is 15.5. The van der Waals surface area contributed by atoms with Gasteiger partial charge < -0.3 is 10.4 Å². The minimum atomic E-state index is -0.213. The molecule has 6 heteroatoms. The Kier molecular flexibility index (Phi) is 5.07. The third-order valence-corrected chi connectivity index (χ3v) is 2.82. The van der Waals surface area contributed by atoms with Gasteiger partial charge in [0.1, 0.15) is 0 Å². The molecule has 1 amide bonds. The minimum absolute atomic E-state index is 0.0192. The second-order valence-corrected chi connectivity index (χ2v) is 4.37. The van der Waals surface area contributed by atoms with Crippen molar-refractivity contribution in [3.63, 3.8) is 0 Å². The average Bonchev–Trinajstić information content (AvgIpc) is 2.91. The number of carbonyl (C=O) groups is 1. The third kappa shape index (κ3) is 4.16. The van der Waals surface area contributed by atoms with E-state index in [1.165, 1.54) is 6.20 Å². The van der Waals surface area contributed by atoms with Crippen LogP contribution in [-0.2, 0) is 13.6 Å². The highest BCUT2D eigenvalue weighted by Gasteiger charge is 2.07. The van der Waals surface area contributed by atoms with E-state index in [0.717, 1.165) is 5.69 Å². The number of carbonyl (C=O) groups excluding carboxylic acids is 1. The highest BCUT2D eigenvalue weighted by atomic mass is 16.2. The number of aromatic nitrogens is 3. The maximum Gasteiger partial charge on any atom is 0.253 e. The van der Waals surface area contributed by atoms with Crippen molar-refractivity contribution < 1.29 is 9.90 Å². The zero-order valence-electron chi connectivity index (χ0n) is 11.7. The average molecular weight is 284 g/mol. The molecule has 0 unspecified atom stereocenters. The topological polar surface area (TPSA) is 80.0 Å². The van der Waals surface area contributed by atoms with Gasteiger partial charge in [-0.2, -0.15) is 5.10 Å². The van der Waals surface area contributed by atoms with Crippen LogP contribution < -0.4 is 5.32 Å². The van der Waals surface area contributed by atoms with Crippen molar-refractivity contribution in [2.24, 2.45) is 7.05 Å². The molecule has 0 bridgehead atoms. The monoisotopic (exact) mass is 284 g/mol. The molecule has 6 nitrogen and oxygen atoms in total. The molecule has 0 aliphatic rings. The van der Waals surface area contributed by atoms with E-state index >= 15 is 0 Å². The van der Waals surface area contributed by atoms with Gasteiger partial charge in [-0.25, -0.2) is 0 Å². The van der Waals surface area contributed by atoms with Crippen molar-refractivity contribution in [1.82, 2.24) is 20.1 Å². The smallest absolute Gasteiger partial charge is 0.253 e. The number of pyridine rings is 1. The molecule has 0 saturated heterocycles. The lowest BCUT2D eigenvalue weighted by molar-refractivity contribution is 0.0949. The summed E-state index contributed by atoms with van der Waals surface area (Å²) in [6, 6.07) is 3.52. The first-order valence-corrected chi connectivity index (χ1v) is 6.50. The Labute approximate surface area is 122 Å². The van der Waals surface area contributed by atoms with Gasteiger partial charge in [-0.15, -0.1) is 0 Å². The van der Waals surface area contributed by atoms with Crippen LogP contribution in [0.1, 0.15) is 28.0 Å². The number of hydrogen-bond donors (Lipinski definition) is 2. The Bertz CT molecular complexity index is 682. The lowest BCUT2D eigenvalue weighted by Gasteiger charge is -2.05. The molecule has 2 heterocycles. The van der Waals surface area contributed by atoms with Gasteiger partial charge >= 0.3 is 0 Å². The summed E-state index contributed by atoms with van der Waals surface area (Å²) in [5.74, 6) is 5.44. The lowest BCUT2D eigenvalue weighted by Crippen LogP contribution is -2.24. The summed E-state index contributed by atoms with van der Waals surface area (Å²) in [5.41, 5.74) is 2.01. The van der Waals surface area contributed by atoms with Crippen LogP contribution >= 0.6 is 0 Å². The van der Waals surface area contributed by atoms with Gasteiger partial charge in [0.25, 0.3) is 5.91 Å². The molecule has 0 spiro atoms. The second-order valence-electron chi connectivity index (χ2n) is 4.37. The van der Waals surface area contributed by atoms with Gasteiger partial charge in [0.2, 0.25) is 0 Å². The fourth-order valence-corrected chi connectivity index (χ4v) is 1.70. The number of aliphatic hydroxyl groups excluding tert-OH is 1. The van der Waals surface area contributed by atoms with Crippen LogP contribution in [0.5, 0.6) is 0 Å². The highest BCUT2D eigenvalue weighted by molar-refractivity contribution is 5.94. The molecule has 0 aromatic carbocycles. The molecule has 2 rings (SSSR count). The van der Waals surface area contributed by atoms with Crippen LogP contribution in [0.4, 0.5) is 0 Å². The van der Waals surface area contributed by atoms with E-state index in [9.17, 15) is 4.79 Å². The maximum atomic E-state index is 12.1. The molecule has 0 aliphatic carbocycles. The number of rotatable bonds is 4. The molecule has 0 radical (unpaired) electrons. The Hall–Kier alpha value is -2.65. The molecule has 21 heavy (non-hydrogen) atoms. The Morgan fingerprint density at radius 2 is 2.33 bits per heavy atom. The van der Waals surface area contributed by atoms with Crippen LogP contribution in [0.3, 0.4) is 0 Å². The number of aliphatic hydroxyl groups is 1. The number of nitrogens with one attached hydrogen (secondary N) is 1. The molecule has 2 aromatic rings. The fourth-order valence-electron chi connectivity index (χ4n) is 1.70. The van der Waals surface area contributed by atoms with Gasteiger partial charge in [-0.05, 0) is 12.1 Å². The molecule has 0 atom stereocenters. The lowest BCUT2D eigenvalue weighted by atomic mass is 10.2. The first-order chi connectivity index (χ1) is 10.2. The zero-order chi connectivity index (χ0) is 15.1. The molecular formula is C15H16N4O2. The van der Waals surface area contributed by atoms with Crippen molar-refractivity contribution in [1.29, 1.82) is 0 Å². The second kappa shape index (κ2) is 7.22. The largest absolute Gasteiger partial charge is 0.395 e. The van der Waals surface area contributed by atoms with E-state index in [0.29, 0.717) is 24.1 Å². The van der Waals surface area contributed by atoms with Gasteiger partial charge in [-0.3, -0.25) is 14.5 Å². The SMILES string of the molecule is Cn1nccc1CNC(=O)c1cncc(C#CCCO)c1. The molecular weight excluding hydrogens is 268 g/mol. The van der Waals surface area contributed by atoms with Crippen LogP contribution in [0, 0.1) is 11.8 Å². The quantitative estimate of drug-likeness (QED) is 0.800.